The molecule has 1 rings (SSSR count). The minimum atomic E-state index is -0.144. The standard InChI is InChI=1S/C11H14BrN3O3/c1-18-5-4-10(16)14-9-3-2-7(6-8(9)12)11(13)15-17/h2-3,6,17H,4-5H2,1H3,(H2,13,15)(H,14,16). The Kier molecular flexibility index (Phi) is 5.60. The molecular formula is C11H14BrN3O3. The van der Waals surface area contributed by atoms with Crippen molar-refractivity contribution in [3.63, 3.8) is 0 Å². The minimum absolute atomic E-state index is 0.00737. The summed E-state index contributed by atoms with van der Waals surface area (Å²) in [4.78, 5) is 11.5. The van der Waals surface area contributed by atoms with E-state index in [0.717, 1.165) is 0 Å². The van der Waals surface area contributed by atoms with Gasteiger partial charge in [0.15, 0.2) is 5.84 Å². The van der Waals surface area contributed by atoms with E-state index in [0.29, 0.717) is 22.3 Å². The summed E-state index contributed by atoms with van der Waals surface area (Å²) in [6.45, 7) is 0.367. The lowest BCUT2D eigenvalue weighted by Crippen LogP contribution is -2.15. The second kappa shape index (κ2) is 6.97. The molecule has 1 aromatic carbocycles. The fourth-order valence-corrected chi connectivity index (χ4v) is 1.72. The first-order chi connectivity index (χ1) is 8.58. The Balaban J connectivity index is 2.77. The molecule has 0 unspecified atom stereocenters. The molecule has 0 bridgehead atoms. The van der Waals surface area contributed by atoms with E-state index in [4.69, 9.17) is 15.7 Å². The molecule has 0 aliphatic rings. The number of halogens is 1. The summed E-state index contributed by atoms with van der Waals surface area (Å²) in [6.07, 6.45) is 0.283. The zero-order valence-electron chi connectivity index (χ0n) is 9.81. The third-order valence-electron chi connectivity index (χ3n) is 2.18. The van der Waals surface area contributed by atoms with Crippen LogP contribution in [0, 0.1) is 0 Å². The van der Waals surface area contributed by atoms with Crippen molar-refractivity contribution < 1.29 is 14.7 Å². The Bertz CT molecular complexity index is 463. The van der Waals surface area contributed by atoms with Crippen molar-refractivity contribution >= 4 is 33.4 Å². The maximum atomic E-state index is 11.5. The molecule has 0 aliphatic carbocycles. The van der Waals surface area contributed by atoms with Crippen LogP contribution >= 0.6 is 15.9 Å². The van der Waals surface area contributed by atoms with Crippen molar-refractivity contribution in [2.45, 2.75) is 6.42 Å². The number of amides is 1. The SMILES string of the molecule is COCCC(=O)Nc1ccc(/C(N)=N/O)cc1Br. The van der Waals surface area contributed by atoms with E-state index in [2.05, 4.69) is 26.4 Å². The van der Waals surface area contributed by atoms with Gasteiger partial charge in [-0.25, -0.2) is 0 Å². The molecule has 18 heavy (non-hydrogen) atoms. The zero-order chi connectivity index (χ0) is 13.5. The van der Waals surface area contributed by atoms with Gasteiger partial charge < -0.3 is 21.0 Å². The van der Waals surface area contributed by atoms with Gasteiger partial charge in [-0.2, -0.15) is 0 Å². The third-order valence-corrected chi connectivity index (χ3v) is 2.84. The molecule has 0 aliphatic heterocycles. The lowest BCUT2D eigenvalue weighted by molar-refractivity contribution is -0.117. The van der Waals surface area contributed by atoms with Gasteiger partial charge in [-0.15, -0.1) is 0 Å². The molecule has 1 aromatic rings. The number of ether oxygens (including phenoxy) is 1. The summed E-state index contributed by atoms with van der Waals surface area (Å²) < 4.78 is 5.46. The number of oxime groups is 1. The van der Waals surface area contributed by atoms with Crippen LogP contribution in [-0.2, 0) is 9.53 Å². The van der Waals surface area contributed by atoms with Gasteiger partial charge >= 0.3 is 0 Å². The second-order valence-corrected chi connectivity index (χ2v) is 4.33. The number of rotatable bonds is 5. The Morgan fingerprint density at radius 3 is 2.89 bits per heavy atom. The van der Waals surface area contributed by atoms with Crippen LogP contribution in [0.3, 0.4) is 0 Å². The van der Waals surface area contributed by atoms with Crippen LogP contribution < -0.4 is 11.1 Å². The molecule has 0 saturated carbocycles. The van der Waals surface area contributed by atoms with Crippen LogP contribution in [0.5, 0.6) is 0 Å². The topological polar surface area (TPSA) is 96.9 Å². The van der Waals surface area contributed by atoms with Gasteiger partial charge in [0.2, 0.25) is 5.91 Å². The van der Waals surface area contributed by atoms with Gasteiger partial charge in [-0.05, 0) is 34.1 Å². The summed E-state index contributed by atoms with van der Waals surface area (Å²) in [5.41, 5.74) is 6.63. The van der Waals surface area contributed by atoms with Gasteiger partial charge in [0, 0.05) is 17.1 Å². The predicted octanol–water partition coefficient (Wildman–Crippen LogP) is 1.52. The van der Waals surface area contributed by atoms with E-state index in [1.807, 2.05) is 0 Å². The van der Waals surface area contributed by atoms with E-state index in [1.165, 1.54) is 7.11 Å². The largest absolute Gasteiger partial charge is 0.409 e. The maximum Gasteiger partial charge on any atom is 0.226 e. The average molecular weight is 316 g/mol. The van der Waals surface area contributed by atoms with E-state index in [-0.39, 0.29) is 18.2 Å². The first-order valence-electron chi connectivity index (χ1n) is 5.14. The van der Waals surface area contributed by atoms with Gasteiger partial charge in [0.1, 0.15) is 0 Å². The molecule has 7 heteroatoms. The average Bonchev–Trinajstić information content (AvgIpc) is 2.37. The van der Waals surface area contributed by atoms with Crippen molar-refractivity contribution in [3.8, 4) is 0 Å². The number of carbonyl (C=O) groups excluding carboxylic acids is 1. The second-order valence-electron chi connectivity index (χ2n) is 3.47. The minimum Gasteiger partial charge on any atom is -0.409 e. The monoisotopic (exact) mass is 315 g/mol. The van der Waals surface area contributed by atoms with Crippen LogP contribution in [0.25, 0.3) is 0 Å². The summed E-state index contributed by atoms with van der Waals surface area (Å²) in [6, 6.07) is 4.97. The molecule has 0 aromatic heterocycles. The Morgan fingerprint density at radius 1 is 1.61 bits per heavy atom. The summed E-state index contributed by atoms with van der Waals surface area (Å²) in [5, 5.41) is 14.2. The van der Waals surface area contributed by atoms with Gasteiger partial charge in [0.05, 0.1) is 18.7 Å². The molecule has 0 spiro atoms. The Labute approximate surface area is 113 Å². The number of amidine groups is 1. The highest BCUT2D eigenvalue weighted by atomic mass is 79.9. The highest BCUT2D eigenvalue weighted by Gasteiger charge is 2.07. The molecule has 0 atom stereocenters. The number of benzene rings is 1. The highest BCUT2D eigenvalue weighted by molar-refractivity contribution is 9.10. The number of anilines is 1. The van der Waals surface area contributed by atoms with Gasteiger partial charge in [-0.1, -0.05) is 5.16 Å². The smallest absolute Gasteiger partial charge is 0.226 e. The van der Waals surface area contributed by atoms with Crippen molar-refractivity contribution in [1.29, 1.82) is 0 Å². The molecule has 0 fully saturated rings. The summed E-state index contributed by atoms with van der Waals surface area (Å²) >= 11 is 3.30. The third kappa shape index (κ3) is 4.01. The van der Waals surface area contributed by atoms with Gasteiger partial charge in [-0.3, -0.25) is 4.79 Å². The van der Waals surface area contributed by atoms with E-state index < -0.39 is 0 Å². The molecule has 0 saturated heterocycles. The number of carbonyl (C=O) groups is 1. The predicted molar refractivity (Wildman–Crippen MR) is 71.8 cm³/mol. The number of nitrogens with one attached hydrogen (secondary N) is 1. The molecule has 98 valence electrons. The summed E-state index contributed by atoms with van der Waals surface area (Å²) in [5.74, 6) is -0.137. The fourth-order valence-electron chi connectivity index (χ4n) is 1.24. The van der Waals surface area contributed by atoms with Crippen molar-refractivity contribution in [1.82, 2.24) is 0 Å². The number of nitrogens with zero attached hydrogens (tertiary/aromatic N) is 1. The molecule has 4 N–H and O–H groups in total. The normalized spacial score (nSPS) is 11.3. The van der Waals surface area contributed by atoms with E-state index in [1.54, 1.807) is 18.2 Å². The summed E-state index contributed by atoms with van der Waals surface area (Å²) in [7, 11) is 1.54. The lowest BCUT2D eigenvalue weighted by Gasteiger charge is -2.08. The number of methoxy groups -OCH3 is 1. The quantitative estimate of drug-likeness (QED) is 0.332. The van der Waals surface area contributed by atoms with E-state index >= 15 is 0 Å². The Hall–Kier alpha value is -1.60. The van der Waals surface area contributed by atoms with Crippen molar-refractivity contribution in [2.75, 3.05) is 19.0 Å². The van der Waals surface area contributed by atoms with Crippen molar-refractivity contribution in [3.05, 3.63) is 28.2 Å². The van der Waals surface area contributed by atoms with E-state index in [9.17, 15) is 4.79 Å². The number of hydrogen-bond donors (Lipinski definition) is 3. The van der Waals surface area contributed by atoms with Crippen LogP contribution in [0.15, 0.2) is 27.8 Å². The fraction of sp³-hybridized carbons (Fsp3) is 0.273. The number of nitrogens with two attached hydrogens (primary N) is 1. The van der Waals surface area contributed by atoms with Gasteiger partial charge in [0.25, 0.3) is 0 Å². The first-order valence-corrected chi connectivity index (χ1v) is 5.94. The van der Waals surface area contributed by atoms with Crippen LogP contribution in [0.2, 0.25) is 0 Å². The van der Waals surface area contributed by atoms with Crippen LogP contribution in [0.1, 0.15) is 12.0 Å². The Morgan fingerprint density at radius 2 is 2.33 bits per heavy atom. The highest BCUT2D eigenvalue weighted by Crippen LogP contribution is 2.23. The zero-order valence-corrected chi connectivity index (χ0v) is 11.4. The van der Waals surface area contributed by atoms with Crippen LogP contribution in [0.4, 0.5) is 5.69 Å². The van der Waals surface area contributed by atoms with Crippen LogP contribution in [-0.4, -0.2) is 30.7 Å². The molecular weight excluding hydrogens is 302 g/mol. The molecule has 0 radical (unpaired) electrons. The van der Waals surface area contributed by atoms with Crippen molar-refractivity contribution in [2.24, 2.45) is 10.9 Å². The lowest BCUT2D eigenvalue weighted by atomic mass is 10.2. The number of hydrogen-bond acceptors (Lipinski definition) is 4. The molecule has 1 amide bonds. The maximum absolute atomic E-state index is 11.5. The first kappa shape index (κ1) is 14.5. The molecule has 6 nitrogen and oxygen atoms in total. The molecule has 0 heterocycles.